The Labute approximate surface area is 161 Å². The second kappa shape index (κ2) is 7.28. The van der Waals surface area contributed by atoms with Gasteiger partial charge in [0.15, 0.2) is 5.17 Å². The van der Waals surface area contributed by atoms with Crippen LogP contribution >= 0.6 is 11.8 Å². The maximum absolute atomic E-state index is 12.4. The predicted molar refractivity (Wildman–Crippen MR) is 109 cm³/mol. The number of thioether (sulfide) groups is 1. The number of aryl methyl sites for hydroxylation is 1. The number of carbonyl (C=O) groups is 1. The second-order valence-electron chi connectivity index (χ2n) is 5.90. The highest BCUT2D eigenvalue weighted by Gasteiger charge is 2.25. The van der Waals surface area contributed by atoms with Crippen molar-refractivity contribution in [1.29, 1.82) is 0 Å². The van der Waals surface area contributed by atoms with Crippen LogP contribution in [-0.2, 0) is 11.8 Å². The summed E-state index contributed by atoms with van der Waals surface area (Å²) in [5, 5.41) is 3.33. The van der Waals surface area contributed by atoms with Crippen molar-refractivity contribution in [1.82, 2.24) is 14.9 Å². The van der Waals surface area contributed by atoms with E-state index in [0.717, 1.165) is 16.9 Å². The quantitative estimate of drug-likeness (QED) is 0.700. The van der Waals surface area contributed by atoms with Crippen LogP contribution < -0.4 is 10.1 Å². The number of ether oxygens (including phenoxy) is 1. The van der Waals surface area contributed by atoms with Crippen molar-refractivity contribution >= 4 is 45.6 Å². The van der Waals surface area contributed by atoms with Crippen LogP contribution in [-0.4, -0.2) is 27.2 Å². The highest BCUT2D eigenvalue weighted by atomic mass is 32.2. The summed E-state index contributed by atoms with van der Waals surface area (Å²) in [6.07, 6.45) is 1.79. The first-order chi connectivity index (χ1) is 13.2. The lowest BCUT2D eigenvalue weighted by molar-refractivity contribution is -0.115. The van der Waals surface area contributed by atoms with Crippen LogP contribution in [0.5, 0.6) is 5.75 Å². The van der Waals surface area contributed by atoms with Crippen molar-refractivity contribution in [3.05, 3.63) is 59.3 Å². The second-order valence-corrected chi connectivity index (χ2v) is 6.93. The lowest BCUT2D eigenvalue weighted by atomic mass is 10.3. The molecule has 0 unspecified atom stereocenters. The van der Waals surface area contributed by atoms with Crippen LogP contribution in [0.4, 0.5) is 5.69 Å². The number of amidine groups is 1. The number of rotatable bonds is 4. The number of nitrogens with one attached hydrogen (secondary N) is 1. The van der Waals surface area contributed by atoms with Crippen LogP contribution in [0, 0.1) is 0 Å². The normalized spacial score (nSPS) is 17.0. The topological polar surface area (TPSA) is 68.5 Å². The number of para-hydroxylation sites is 4. The number of carbonyl (C=O) groups excluding carboxylic acids is 1. The van der Waals surface area contributed by atoms with E-state index in [1.165, 1.54) is 11.8 Å². The van der Waals surface area contributed by atoms with E-state index in [1.807, 2.05) is 67.1 Å². The average molecular weight is 378 g/mol. The van der Waals surface area contributed by atoms with Gasteiger partial charge in [-0.3, -0.25) is 4.79 Å². The number of amides is 1. The van der Waals surface area contributed by atoms with E-state index in [-0.39, 0.29) is 5.91 Å². The molecule has 1 N–H and O–H groups in total. The SMILES string of the molecule is CCOc1ccccc1N=C1NC(=O)C(=Cc2nc3ccccc3n2C)S1. The fourth-order valence-corrected chi connectivity index (χ4v) is 3.63. The summed E-state index contributed by atoms with van der Waals surface area (Å²) in [6.45, 7) is 2.48. The zero-order valence-corrected chi connectivity index (χ0v) is 15.8. The fraction of sp³-hybridized carbons (Fsp3) is 0.150. The van der Waals surface area contributed by atoms with Gasteiger partial charge in [-0.2, -0.15) is 0 Å². The van der Waals surface area contributed by atoms with Crippen LogP contribution in [0.2, 0.25) is 0 Å². The molecule has 0 bridgehead atoms. The Bertz CT molecular complexity index is 1080. The molecule has 1 aromatic heterocycles. The molecule has 2 aromatic carbocycles. The maximum Gasteiger partial charge on any atom is 0.264 e. The first-order valence-electron chi connectivity index (χ1n) is 8.58. The van der Waals surface area contributed by atoms with Gasteiger partial charge in [-0.05, 0) is 43.0 Å². The molecule has 0 spiro atoms. The number of nitrogens with zero attached hydrogens (tertiary/aromatic N) is 3. The van der Waals surface area contributed by atoms with Gasteiger partial charge in [-0.25, -0.2) is 9.98 Å². The number of fused-ring (bicyclic) bond motifs is 1. The van der Waals surface area contributed by atoms with Crippen molar-refractivity contribution in [3.8, 4) is 5.75 Å². The third-order valence-corrected chi connectivity index (χ3v) is 5.03. The number of imidazole rings is 1. The van der Waals surface area contributed by atoms with Gasteiger partial charge in [-0.1, -0.05) is 24.3 Å². The predicted octanol–water partition coefficient (Wildman–Crippen LogP) is 3.86. The maximum atomic E-state index is 12.4. The molecule has 0 atom stereocenters. The van der Waals surface area contributed by atoms with Crippen LogP contribution in [0.25, 0.3) is 17.1 Å². The fourth-order valence-electron chi connectivity index (χ4n) is 2.83. The van der Waals surface area contributed by atoms with Gasteiger partial charge in [0, 0.05) is 13.1 Å². The number of aromatic nitrogens is 2. The van der Waals surface area contributed by atoms with E-state index in [4.69, 9.17) is 4.74 Å². The molecule has 2 heterocycles. The number of aliphatic imine (C=N–C) groups is 1. The smallest absolute Gasteiger partial charge is 0.264 e. The molecule has 6 nitrogen and oxygen atoms in total. The van der Waals surface area contributed by atoms with E-state index in [1.54, 1.807) is 6.08 Å². The summed E-state index contributed by atoms with van der Waals surface area (Å²) in [7, 11) is 1.94. The molecule has 0 aliphatic carbocycles. The molecule has 0 saturated carbocycles. The lowest BCUT2D eigenvalue weighted by Crippen LogP contribution is -2.19. The highest BCUT2D eigenvalue weighted by Crippen LogP contribution is 2.32. The van der Waals surface area contributed by atoms with Gasteiger partial charge < -0.3 is 14.6 Å². The highest BCUT2D eigenvalue weighted by molar-refractivity contribution is 8.18. The molecule has 1 aliphatic rings. The van der Waals surface area contributed by atoms with E-state index in [2.05, 4.69) is 15.3 Å². The third-order valence-electron chi connectivity index (χ3n) is 4.12. The molecule has 4 rings (SSSR count). The Morgan fingerprint density at radius 2 is 2.00 bits per heavy atom. The molecule has 1 amide bonds. The van der Waals surface area contributed by atoms with Gasteiger partial charge in [-0.15, -0.1) is 0 Å². The molecule has 136 valence electrons. The molecule has 1 fully saturated rings. The van der Waals surface area contributed by atoms with Gasteiger partial charge in [0.1, 0.15) is 17.3 Å². The van der Waals surface area contributed by atoms with Gasteiger partial charge in [0.2, 0.25) is 0 Å². The van der Waals surface area contributed by atoms with Gasteiger partial charge >= 0.3 is 0 Å². The lowest BCUT2D eigenvalue weighted by Gasteiger charge is -2.06. The number of hydrogen-bond donors (Lipinski definition) is 1. The van der Waals surface area contributed by atoms with Crippen LogP contribution in [0.3, 0.4) is 0 Å². The van der Waals surface area contributed by atoms with E-state index in [0.29, 0.717) is 28.1 Å². The van der Waals surface area contributed by atoms with Gasteiger partial charge in [0.25, 0.3) is 5.91 Å². The zero-order chi connectivity index (χ0) is 18.8. The van der Waals surface area contributed by atoms with Crippen molar-refractivity contribution < 1.29 is 9.53 Å². The van der Waals surface area contributed by atoms with Crippen LogP contribution in [0.1, 0.15) is 12.7 Å². The number of hydrogen-bond acceptors (Lipinski definition) is 5. The van der Waals surface area contributed by atoms with Crippen LogP contribution in [0.15, 0.2) is 58.4 Å². The van der Waals surface area contributed by atoms with Crippen molar-refractivity contribution in [2.24, 2.45) is 12.0 Å². The first kappa shape index (κ1) is 17.4. The first-order valence-corrected chi connectivity index (χ1v) is 9.40. The van der Waals surface area contributed by atoms with Gasteiger partial charge in [0.05, 0.1) is 22.5 Å². The van der Waals surface area contributed by atoms with E-state index in [9.17, 15) is 4.79 Å². The summed E-state index contributed by atoms with van der Waals surface area (Å²) < 4.78 is 7.56. The molecule has 1 aliphatic heterocycles. The summed E-state index contributed by atoms with van der Waals surface area (Å²) in [5.74, 6) is 1.24. The minimum atomic E-state index is -0.181. The average Bonchev–Trinajstić information content (AvgIpc) is 3.17. The monoisotopic (exact) mass is 378 g/mol. The van der Waals surface area contributed by atoms with E-state index < -0.39 is 0 Å². The third kappa shape index (κ3) is 3.46. The molecule has 0 radical (unpaired) electrons. The molecule has 3 aromatic rings. The molecule has 1 saturated heterocycles. The molecule has 7 heteroatoms. The summed E-state index contributed by atoms with van der Waals surface area (Å²) in [4.78, 5) is 22.1. The minimum absolute atomic E-state index is 0.181. The standard InChI is InChI=1S/C20H18N4O2S/c1-3-26-16-11-7-5-9-14(16)22-20-23-19(25)17(27-20)12-18-21-13-8-4-6-10-15(13)24(18)2/h4-12H,3H2,1-2H3,(H,22,23,25). The van der Waals surface area contributed by atoms with Crippen molar-refractivity contribution in [2.45, 2.75) is 6.92 Å². The Morgan fingerprint density at radius 3 is 2.81 bits per heavy atom. The van der Waals surface area contributed by atoms with E-state index >= 15 is 0 Å². The summed E-state index contributed by atoms with van der Waals surface area (Å²) in [6, 6.07) is 15.4. The Balaban J connectivity index is 1.64. The molecular formula is C20H18N4O2S. The molecular weight excluding hydrogens is 360 g/mol. The Hall–Kier alpha value is -3.06. The zero-order valence-electron chi connectivity index (χ0n) is 15.0. The summed E-state index contributed by atoms with van der Waals surface area (Å²) >= 11 is 1.30. The molecule has 27 heavy (non-hydrogen) atoms. The minimum Gasteiger partial charge on any atom is -0.492 e. The number of benzene rings is 2. The van der Waals surface area contributed by atoms with Crippen molar-refractivity contribution in [2.75, 3.05) is 6.61 Å². The summed E-state index contributed by atoms with van der Waals surface area (Å²) in [5.41, 5.74) is 2.60. The Kier molecular flexibility index (Phi) is 4.68. The largest absolute Gasteiger partial charge is 0.492 e. The van der Waals surface area contributed by atoms with Crippen molar-refractivity contribution in [3.63, 3.8) is 0 Å². The Morgan fingerprint density at radius 1 is 1.22 bits per heavy atom.